The summed E-state index contributed by atoms with van der Waals surface area (Å²) < 4.78 is 50.3. The Labute approximate surface area is 108 Å². The zero-order valence-electron chi connectivity index (χ0n) is 10.9. The molecule has 0 atom stereocenters. The van der Waals surface area contributed by atoms with Crippen LogP contribution in [0.1, 0.15) is 36.7 Å². The highest BCUT2D eigenvalue weighted by Gasteiger charge is 2.30. The van der Waals surface area contributed by atoms with Crippen LogP contribution in [-0.4, -0.2) is 17.6 Å². The van der Waals surface area contributed by atoms with Gasteiger partial charge in [-0.15, -0.1) is 0 Å². The molecule has 19 heavy (non-hydrogen) atoms. The van der Waals surface area contributed by atoms with Gasteiger partial charge in [0.25, 0.3) is 5.91 Å². The van der Waals surface area contributed by atoms with Gasteiger partial charge in [0.2, 0.25) is 0 Å². The first kappa shape index (κ1) is 15.5. The molecule has 1 aromatic carbocycles. The van der Waals surface area contributed by atoms with Gasteiger partial charge in [-0.1, -0.05) is 6.07 Å². The largest absolute Gasteiger partial charge is 0.393 e. The molecule has 0 fully saturated rings. The van der Waals surface area contributed by atoms with Crippen LogP contribution in [0.15, 0.2) is 18.2 Å². The molecule has 1 N–H and O–H groups in total. The van der Waals surface area contributed by atoms with Crippen molar-refractivity contribution in [3.63, 3.8) is 0 Å². The fraction of sp³-hybridized carbons (Fsp3) is 0.462. The number of amides is 1. The first-order chi connectivity index (χ1) is 8.48. The van der Waals surface area contributed by atoms with Crippen molar-refractivity contribution < 1.29 is 22.4 Å². The zero-order chi connectivity index (χ0) is 14.8. The van der Waals surface area contributed by atoms with Crippen molar-refractivity contribution in [2.24, 2.45) is 0 Å². The fourth-order valence-corrected chi connectivity index (χ4v) is 1.54. The molecule has 0 aromatic heterocycles. The summed E-state index contributed by atoms with van der Waals surface area (Å²) in [6.45, 7) is 5.06. The van der Waals surface area contributed by atoms with Gasteiger partial charge in [-0.3, -0.25) is 4.79 Å². The number of rotatable bonds is 2. The summed E-state index contributed by atoms with van der Waals surface area (Å²) in [5, 5.41) is 2.52. The molecular weight excluding hydrogens is 262 g/mol. The number of nitrogens with one attached hydrogen (secondary N) is 1. The van der Waals surface area contributed by atoms with Gasteiger partial charge in [0.05, 0.1) is 6.42 Å². The van der Waals surface area contributed by atoms with Crippen LogP contribution in [0.2, 0.25) is 0 Å². The Hall–Kier alpha value is -1.59. The zero-order valence-corrected chi connectivity index (χ0v) is 10.9. The standard InChI is InChI=1S/C13H15F4NO/c1-12(2,3)18-11(19)10-6-9(14)5-4-8(10)7-13(15,16)17/h4-6H,7H2,1-3H3,(H,18,19). The van der Waals surface area contributed by atoms with E-state index in [1.807, 2.05) is 0 Å². The summed E-state index contributed by atoms with van der Waals surface area (Å²) >= 11 is 0. The SMILES string of the molecule is CC(C)(C)NC(=O)c1cc(F)ccc1CC(F)(F)F. The molecule has 0 aliphatic heterocycles. The van der Waals surface area contributed by atoms with Crippen LogP contribution in [0.3, 0.4) is 0 Å². The molecule has 0 spiro atoms. The lowest BCUT2D eigenvalue weighted by molar-refractivity contribution is -0.127. The number of carbonyl (C=O) groups excluding carboxylic acids is 1. The Morgan fingerprint density at radius 2 is 1.79 bits per heavy atom. The highest BCUT2D eigenvalue weighted by Crippen LogP contribution is 2.24. The summed E-state index contributed by atoms with van der Waals surface area (Å²) in [7, 11) is 0. The second-order valence-electron chi connectivity index (χ2n) is 5.30. The van der Waals surface area contributed by atoms with Crippen molar-refractivity contribution in [1.82, 2.24) is 5.32 Å². The number of halogens is 4. The van der Waals surface area contributed by atoms with E-state index in [0.29, 0.717) is 0 Å². The molecule has 0 unspecified atom stereocenters. The molecule has 0 aliphatic rings. The van der Waals surface area contributed by atoms with E-state index in [9.17, 15) is 22.4 Å². The summed E-state index contributed by atoms with van der Waals surface area (Å²) in [6.07, 6.45) is -5.71. The van der Waals surface area contributed by atoms with Crippen molar-refractivity contribution in [2.45, 2.75) is 38.9 Å². The Kier molecular flexibility index (Phi) is 4.22. The number of alkyl halides is 3. The van der Waals surface area contributed by atoms with E-state index < -0.39 is 29.9 Å². The van der Waals surface area contributed by atoms with Crippen LogP contribution < -0.4 is 5.32 Å². The van der Waals surface area contributed by atoms with E-state index in [2.05, 4.69) is 5.32 Å². The lowest BCUT2D eigenvalue weighted by atomic mass is 10.0. The molecule has 0 heterocycles. The molecule has 2 nitrogen and oxygen atoms in total. The number of benzene rings is 1. The molecule has 6 heteroatoms. The average molecular weight is 277 g/mol. The minimum absolute atomic E-state index is 0.240. The average Bonchev–Trinajstić information content (AvgIpc) is 2.16. The van der Waals surface area contributed by atoms with Crippen LogP contribution >= 0.6 is 0 Å². The maximum absolute atomic E-state index is 13.1. The second kappa shape index (κ2) is 5.19. The third kappa shape index (κ3) is 5.28. The minimum atomic E-state index is -4.45. The lowest BCUT2D eigenvalue weighted by Gasteiger charge is -2.21. The maximum Gasteiger partial charge on any atom is 0.393 e. The van der Waals surface area contributed by atoms with Crippen LogP contribution in [0.5, 0.6) is 0 Å². The third-order valence-corrected chi connectivity index (χ3v) is 2.20. The summed E-state index contributed by atoms with van der Waals surface area (Å²) in [4.78, 5) is 11.9. The Morgan fingerprint density at radius 1 is 1.21 bits per heavy atom. The van der Waals surface area contributed by atoms with Gasteiger partial charge in [-0.05, 0) is 38.5 Å². The van der Waals surface area contributed by atoms with E-state index in [1.54, 1.807) is 20.8 Å². The van der Waals surface area contributed by atoms with Gasteiger partial charge in [0, 0.05) is 11.1 Å². The van der Waals surface area contributed by atoms with Crippen LogP contribution in [-0.2, 0) is 6.42 Å². The van der Waals surface area contributed by atoms with Crippen molar-refractivity contribution in [3.05, 3.63) is 35.1 Å². The first-order valence-electron chi connectivity index (χ1n) is 5.66. The molecule has 1 amide bonds. The third-order valence-electron chi connectivity index (χ3n) is 2.20. The van der Waals surface area contributed by atoms with Gasteiger partial charge in [-0.2, -0.15) is 13.2 Å². The normalized spacial score (nSPS) is 12.4. The van der Waals surface area contributed by atoms with Crippen LogP contribution in [0.4, 0.5) is 17.6 Å². The number of hydrogen-bond donors (Lipinski definition) is 1. The quantitative estimate of drug-likeness (QED) is 0.824. The van der Waals surface area contributed by atoms with Crippen molar-refractivity contribution in [2.75, 3.05) is 0 Å². The van der Waals surface area contributed by atoms with Gasteiger partial charge >= 0.3 is 6.18 Å². The molecule has 1 rings (SSSR count). The molecule has 1 aromatic rings. The van der Waals surface area contributed by atoms with Gasteiger partial charge in [0.15, 0.2) is 0 Å². The van der Waals surface area contributed by atoms with E-state index in [0.717, 1.165) is 18.2 Å². The number of carbonyl (C=O) groups is 1. The van der Waals surface area contributed by atoms with Crippen molar-refractivity contribution in [3.8, 4) is 0 Å². The fourth-order valence-electron chi connectivity index (χ4n) is 1.54. The molecule has 0 saturated carbocycles. The van der Waals surface area contributed by atoms with Gasteiger partial charge in [0.1, 0.15) is 5.82 Å². The highest BCUT2D eigenvalue weighted by atomic mass is 19.4. The van der Waals surface area contributed by atoms with Crippen LogP contribution in [0.25, 0.3) is 0 Å². The summed E-state index contributed by atoms with van der Waals surface area (Å²) in [5.41, 5.74) is -1.14. The summed E-state index contributed by atoms with van der Waals surface area (Å²) in [5.74, 6) is -1.46. The van der Waals surface area contributed by atoms with Gasteiger partial charge < -0.3 is 5.32 Å². The first-order valence-corrected chi connectivity index (χ1v) is 5.66. The molecular formula is C13H15F4NO. The Bertz CT molecular complexity index is 475. The van der Waals surface area contributed by atoms with E-state index in [-0.39, 0.29) is 11.1 Å². The predicted octanol–water partition coefficient (Wildman–Crippen LogP) is 3.46. The Morgan fingerprint density at radius 3 is 2.26 bits per heavy atom. The highest BCUT2D eigenvalue weighted by molar-refractivity contribution is 5.96. The second-order valence-corrected chi connectivity index (χ2v) is 5.30. The minimum Gasteiger partial charge on any atom is -0.347 e. The molecule has 0 aliphatic carbocycles. The van der Waals surface area contributed by atoms with Crippen LogP contribution in [0, 0.1) is 5.82 Å². The van der Waals surface area contributed by atoms with Crippen molar-refractivity contribution >= 4 is 5.91 Å². The molecule has 0 radical (unpaired) electrons. The van der Waals surface area contributed by atoms with E-state index in [1.165, 1.54) is 0 Å². The van der Waals surface area contributed by atoms with E-state index >= 15 is 0 Å². The lowest BCUT2D eigenvalue weighted by Crippen LogP contribution is -2.41. The topological polar surface area (TPSA) is 29.1 Å². The molecule has 0 saturated heterocycles. The smallest absolute Gasteiger partial charge is 0.347 e. The molecule has 0 bridgehead atoms. The Balaban J connectivity index is 3.10. The predicted molar refractivity (Wildman–Crippen MR) is 63.4 cm³/mol. The maximum atomic E-state index is 13.1. The van der Waals surface area contributed by atoms with E-state index in [4.69, 9.17) is 0 Å². The molecule has 106 valence electrons. The summed E-state index contributed by atoms with van der Waals surface area (Å²) in [6, 6.07) is 2.72. The monoisotopic (exact) mass is 277 g/mol. The number of hydrogen-bond acceptors (Lipinski definition) is 1. The van der Waals surface area contributed by atoms with Crippen molar-refractivity contribution in [1.29, 1.82) is 0 Å². The van der Waals surface area contributed by atoms with Gasteiger partial charge in [-0.25, -0.2) is 4.39 Å².